The van der Waals surface area contributed by atoms with E-state index in [4.69, 9.17) is 0 Å². The van der Waals surface area contributed by atoms with Crippen LogP contribution in [0.1, 0.15) is 38.5 Å². The lowest BCUT2D eigenvalue weighted by molar-refractivity contribution is 0.618. The van der Waals surface area contributed by atoms with Crippen molar-refractivity contribution in [1.29, 1.82) is 0 Å². The van der Waals surface area contributed by atoms with Crippen molar-refractivity contribution >= 4 is 16.9 Å². The Hall–Kier alpha value is -2.50. The third kappa shape index (κ3) is 2.88. The van der Waals surface area contributed by atoms with Crippen LogP contribution < -0.4 is 5.32 Å². The van der Waals surface area contributed by atoms with E-state index >= 15 is 0 Å². The molecule has 6 heteroatoms. The van der Waals surface area contributed by atoms with Crippen molar-refractivity contribution in [3.8, 4) is 5.82 Å². The van der Waals surface area contributed by atoms with Crippen LogP contribution in [-0.4, -0.2) is 30.8 Å². The maximum absolute atomic E-state index is 4.45. The Morgan fingerprint density at radius 2 is 1.87 bits per heavy atom. The average Bonchev–Trinajstić information content (AvgIpc) is 2.87. The summed E-state index contributed by atoms with van der Waals surface area (Å²) >= 11 is 0. The summed E-state index contributed by atoms with van der Waals surface area (Å²) in [6.07, 6.45) is 12.9. The fourth-order valence-corrected chi connectivity index (χ4v) is 3.22. The monoisotopic (exact) mass is 308 g/mol. The molecule has 23 heavy (non-hydrogen) atoms. The third-order valence-corrected chi connectivity index (χ3v) is 4.43. The van der Waals surface area contributed by atoms with Crippen LogP contribution in [0, 0.1) is 0 Å². The van der Waals surface area contributed by atoms with Gasteiger partial charge in [-0.05, 0) is 25.0 Å². The second-order valence-electron chi connectivity index (χ2n) is 6.04. The van der Waals surface area contributed by atoms with Crippen LogP contribution in [0.25, 0.3) is 16.9 Å². The van der Waals surface area contributed by atoms with E-state index in [1.54, 1.807) is 17.2 Å². The molecule has 3 aromatic rings. The molecule has 0 saturated heterocycles. The van der Waals surface area contributed by atoms with Gasteiger partial charge in [-0.1, -0.05) is 31.7 Å². The first-order valence-corrected chi connectivity index (χ1v) is 8.28. The van der Waals surface area contributed by atoms with Crippen LogP contribution in [-0.2, 0) is 0 Å². The second-order valence-corrected chi connectivity index (χ2v) is 6.04. The molecule has 0 spiro atoms. The number of hydrogen-bond acceptors (Lipinski definition) is 5. The molecule has 0 unspecified atom stereocenters. The smallest absolute Gasteiger partial charge is 0.170 e. The molecule has 1 saturated carbocycles. The van der Waals surface area contributed by atoms with Gasteiger partial charge in [-0.25, -0.2) is 15.0 Å². The number of pyridine rings is 1. The van der Waals surface area contributed by atoms with Gasteiger partial charge in [0.15, 0.2) is 11.5 Å². The van der Waals surface area contributed by atoms with Gasteiger partial charge in [0.2, 0.25) is 0 Å². The molecule has 0 aromatic carbocycles. The first-order chi connectivity index (χ1) is 11.4. The van der Waals surface area contributed by atoms with Crippen LogP contribution in [0.15, 0.2) is 36.9 Å². The summed E-state index contributed by atoms with van der Waals surface area (Å²) in [6, 6.07) is 6.26. The van der Waals surface area contributed by atoms with Gasteiger partial charge in [0.25, 0.3) is 0 Å². The van der Waals surface area contributed by atoms with Crippen molar-refractivity contribution in [1.82, 2.24) is 24.7 Å². The zero-order chi connectivity index (χ0) is 15.5. The second kappa shape index (κ2) is 6.32. The number of nitrogens with one attached hydrogen (secondary N) is 1. The third-order valence-electron chi connectivity index (χ3n) is 4.43. The number of anilines is 1. The van der Waals surface area contributed by atoms with E-state index in [0.29, 0.717) is 6.04 Å². The Kier molecular flexibility index (Phi) is 3.88. The van der Waals surface area contributed by atoms with E-state index < -0.39 is 0 Å². The highest BCUT2D eigenvalue weighted by atomic mass is 15.3. The van der Waals surface area contributed by atoms with Gasteiger partial charge in [0.1, 0.15) is 12.1 Å². The van der Waals surface area contributed by atoms with Crippen molar-refractivity contribution in [3.63, 3.8) is 0 Å². The van der Waals surface area contributed by atoms with Gasteiger partial charge in [0, 0.05) is 12.2 Å². The van der Waals surface area contributed by atoms with Crippen LogP contribution in [0.3, 0.4) is 0 Å². The summed E-state index contributed by atoms with van der Waals surface area (Å²) in [5.74, 6) is 1.64. The Labute approximate surface area is 135 Å². The molecule has 1 fully saturated rings. The summed E-state index contributed by atoms with van der Waals surface area (Å²) in [7, 11) is 0. The van der Waals surface area contributed by atoms with Crippen LogP contribution in [0.4, 0.5) is 5.82 Å². The van der Waals surface area contributed by atoms with Crippen LogP contribution in [0.2, 0.25) is 0 Å². The van der Waals surface area contributed by atoms with E-state index in [9.17, 15) is 0 Å². The minimum absolute atomic E-state index is 0.494. The topological polar surface area (TPSA) is 68.5 Å². The molecule has 0 bridgehead atoms. The van der Waals surface area contributed by atoms with E-state index in [2.05, 4.69) is 25.4 Å². The van der Waals surface area contributed by atoms with Crippen molar-refractivity contribution in [3.05, 3.63) is 36.9 Å². The highest BCUT2D eigenvalue weighted by molar-refractivity contribution is 5.87. The lowest BCUT2D eigenvalue weighted by Crippen LogP contribution is -2.19. The average molecular weight is 308 g/mol. The Morgan fingerprint density at radius 3 is 2.65 bits per heavy atom. The number of hydrogen-bond donors (Lipinski definition) is 1. The van der Waals surface area contributed by atoms with Crippen molar-refractivity contribution in [2.24, 2.45) is 0 Å². The molecular formula is C17H20N6. The number of fused-ring (bicyclic) bond motifs is 1. The van der Waals surface area contributed by atoms with Gasteiger partial charge in [0.05, 0.1) is 11.6 Å². The zero-order valence-corrected chi connectivity index (χ0v) is 13.0. The standard InChI is InChI=1S/C17H20N6/c1-2-4-8-13(7-3-1)22-16-14-11-21-23(17(14)20-12-19-16)15-9-5-6-10-18-15/h5-6,9-13H,1-4,7-8H2,(H,19,20,22). The molecule has 1 N–H and O–H groups in total. The normalized spacial score (nSPS) is 16.3. The number of nitrogens with zero attached hydrogens (tertiary/aromatic N) is 5. The molecule has 3 aromatic heterocycles. The van der Waals surface area contributed by atoms with E-state index in [1.165, 1.54) is 38.5 Å². The fraction of sp³-hybridized carbons (Fsp3) is 0.412. The first kappa shape index (κ1) is 14.1. The fourth-order valence-electron chi connectivity index (χ4n) is 3.22. The van der Waals surface area contributed by atoms with Crippen LogP contribution in [0.5, 0.6) is 0 Å². The predicted molar refractivity (Wildman–Crippen MR) is 89.6 cm³/mol. The predicted octanol–water partition coefficient (Wildman–Crippen LogP) is 3.35. The first-order valence-electron chi connectivity index (χ1n) is 8.28. The largest absolute Gasteiger partial charge is 0.367 e. The van der Waals surface area contributed by atoms with Gasteiger partial charge in [-0.3, -0.25) is 0 Å². The maximum atomic E-state index is 4.45. The molecule has 6 nitrogen and oxygen atoms in total. The summed E-state index contributed by atoms with van der Waals surface area (Å²) in [4.78, 5) is 13.2. The quantitative estimate of drug-likeness (QED) is 0.752. The van der Waals surface area contributed by atoms with Crippen molar-refractivity contribution in [2.75, 3.05) is 5.32 Å². The molecule has 0 amide bonds. The van der Waals surface area contributed by atoms with Gasteiger partial charge < -0.3 is 5.32 Å². The molecule has 1 aliphatic rings. The van der Waals surface area contributed by atoms with Gasteiger partial charge in [-0.2, -0.15) is 9.78 Å². The van der Waals surface area contributed by atoms with E-state index in [-0.39, 0.29) is 0 Å². The molecule has 0 atom stereocenters. The molecule has 0 aliphatic heterocycles. The Bertz CT molecular complexity index is 774. The molecule has 3 heterocycles. The van der Waals surface area contributed by atoms with Crippen molar-refractivity contribution < 1.29 is 0 Å². The Balaban J connectivity index is 1.67. The van der Waals surface area contributed by atoms with E-state index in [1.807, 2.05) is 24.4 Å². The summed E-state index contributed by atoms with van der Waals surface area (Å²) < 4.78 is 1.76. The maximum Gasteiger partial charge on any atom is 0.170 e. The molecule has 118 valence electrons. The SMILES string of the molecule is c1ccc(-n2ncc3c(NC4CCCCCC4)ncnc32)nc1. The summed E-state index contributed by atoms with van der Waals surface area (Å²) in [5, 5.41) is 9.00. The van der Waals surface area contributed by atoms with E-state index in [0.717, 1.165) is 22.7 Å². The number of aromatic nitrogens is 5. The molecule has 4 rings (SSSR count). The lowest BCUT2D eigenvalue weighted by Gasteiger charge is -2.17. The van der Waals surface area contributed by atoms with Gasteiger partial charge in [-0.15, -0.1) is 0 Å². The zero-order valence-electron chi connectivity index (χ0n) is 13.0. The van der Waals surface area contributed by atoms with Crippen molar-refractivity contribution in [2.45, 2.75) is 44.6 Å². The lowest BCUT2D eigenvalue weighted by atomic mass is 10.1. The Morgan fingerprint density at radius 1 is 1.00 bits per heavy atom. The summed E-state index contributed by atoms with van der Waals surface area (Å²) in [5.41, 5.74) is 0.787. The highest BCUT2D eigenvalue weighted by Crippen LogP contribution is 2.25. The summed E-state index contributed by atoms with van der Waals surface area (Å²) in [6.45, 7) is 0. The minimum Gasteiger partial charge on any atom is -0.367 e. The number of rotatable bonds is 3. The minimum atomic E-state index is 0.494. The van der Waals surface area contributed by atoms with Gasteiger partial charge >= 0.3 is 0 Å². The molecular weight excluding hydrogens is 288 g/mol. The molecule has 1 aliphatic carbocycles. The van der Waals surface area contributed by atoms with Crippen LogP contribution >= 0.6 is 0 Å². The molecule has 0 radical (unpaired) electrons. The highest BCUT2D eigenvalue weighted by Gasteiger charge is 2.16.